The Labute approximate surface area is 114 Å². The summed E-state index contributed by atoms with van der Waals surface area (Å²) in [5, 5.41) is 0. The smallest absolute Gasteiger partial charge is 0.310 e. The molecule has 19 heavy (non-hydrogen) atoms. The van der Waals surface area contributed by atoms with Crippen LogP contribution in [-0.2, 0) is 16.1 Å². The summed E-state index contributed by atoms with van der Waals surface area (Å²) in [5.74, 6) is -0.238. The molecule has 1 aliphatic heterocycles. The Balaban J connectivity index is 1.73. The molecule has 1 aromatic carbocycles. The lowest BCUT2D eigenvalue weighted by Crippen LogP contribution is -2.33. The molecule has 1 heterocycles. The Morgan fingerprint density at radius 3 is 2.84 bits per heavy atom. The zero-order chi connectivity index (χ0) is 13.7. The molecule has 1 saturated heterocycles. The fraction of sp³-hybridized carbons (Fsp3) is 0.533. The Morgan fingerprint density at radius 2 is 2.21 bits per heavy atom. The van der Waals surface area contributed by atoms with Gasteiger partial charge >= 0.3 is 5.97 Å². The van der Waals surface area contributed by atoms with Gasteiger partial charge in [-0.3, -0.25) is 4.79 Å². The number of benzene rings is 1. The average Bonchev–Trinajstić information content (AvgIpc) is 2.82. The zero-order valence-electron chi connectivity index (χ0n) is 11.4. The highest BCUT2D eigenvalue weighted by Crippen LogP contribution is 2.11. The van der Waals surface area contributed by atoms with E-state index in [1.165, 1.54) is 0 Å². The molecule has 1 unspecified atom stereocenters. The average molecular weight is 262 g/mol. The Morgan fingerprint density at radius 1 is 1.47 bits per heavy atom. The van der Waals surface area contributed by atoms with Crippen molar-refractivity contribution >= 4 is 5.97 Å². The maximum Gasteiger partial charge on any atom is 0.310 e. The summed E-state index contributed by atoms with van der Waals surface area (Å²) >= 11 is 0. The molecule has 0 saturated carbocycles. The van der Waals surface area contributed by atoms with E-state index < -0.39 is 0 Å². The number of hydrogen-bond donors (Lipinski definition) is 1. The lowest BCUT2D eigenvalue weighted by Gasteiger charge is -2.19. The van der Waals surface area contributed by atoms with Crippen molar-refractivity contribution in [2.75, 3.05) is 19.6 Å². The van der Waals surface area contributed by atoms with Gasteiger partial charge in [0, 0.05) is 19.1 Å². The first kappa shape index (κ1) is 14.0. The number of nitrogens with zero attached hydrogens (tertiary/aromatic N) is 1. The maximum absolute atomic E-state index is 11.9. The fourth-order valence-electron chi connectivity index (χ4n) is 2.36. The van der Waals surface area contributed by atoms with Crippen LogP contribution in [0.1, 0.15) is 18.9 Å². The van der Waals surface area contributed by atoms with Gasteiger partial charge in [-0.1, -0.05) is 37.3 Å². The monoisotopic (exact) mass is 262 g/mol. The summed E-state index contributed by atoms with van der Waals surface area (Å²) < 4.78 is 5.33. The van der Waals surface area contributed by atoms with E-state index in [9.17, 15) is 4.79 Å². The molecule has 1 aromatic rings. The van der Waals surface area contributed by atoms with Gasteiger partial charge in [-0.25, -0.2) is 0 Å². The van der Waals surface area contributed by atoms with Crippen molar-refractivity contribution in [1.82, 2.24) is 4.90 Å². The van der Waals surface area contributed by atoms with Crippen LogP contribution in [0.2, 0.25) is 0 Å². The Hall–Kier alpha value is -1.39. The van der Waals surface area contributed by atoms with E-state index in [1.54, 1.807) is 0 Å². The van der Waals surface area contributed by atoms with Gasteiger partial charge in [-0.05, 0) is 18.5 Å². The van der Waals surface area contributed by atoms with Gasteiger partial charge in [0.1, 0.15) is 6.61 Å². The second-order valence-electron chi connectivity index (χ2n) is 5.30. The molecule has 0 bridgehead atoms. The maximum atomic E-state index is 11.9. The summed E-state index contributed by atoms with van der Waals surface area (Å²) in [6.45, 7) is 4.87. The molecular formula is C15H22N2O2. The molecule has 0 amide bonds. The quantitative estimate of drug-likeness (QED) is 0.815. The predicted molar refractivity (Wildman–Crippen MR) is 74.4 cm³/mol. The minimum absolute atomic E-state index is 0.103. The molecule has 0 spiro atoms. The number of ether oxygens (including phenoxy) is 1. The molecule has 104 valence electrons. The minimum Gasteiger partial charge on any atom is -0.461 e. The molecular weight excluding hydrogens is 240 g/mol. The number of carbonyl (C=O) groups excluding carboxylic acids is 1. The SMILES string of the molecule is CC(CN1CC[C@H](N)C1)C(=O)OCc1ccccc1. The van der Waals surface area contributed by atoms with Crippen molar-refractivity contribution in [2.45, 2.75) is 26.0 Å². The van der Waals surface area contributed by atoms with Crippen molar-refractivity contribution in [1.29, 1.82) is 0 Å². The zero-order valence-corrected chi connectivity index (χ0v) is 11.4. The van der Waals surface area contributed by atoms with Crippen LogP contribution in [0, 0.1) is 5.92 Å². The number of carbonyl (C=O) groups is 1. The first-order valence-electron chi connectivity index (χ1n) is 6.83. The van der Waals surface area contributed by atoms with Crippen molar-refractivity contribution in [2.24, 2.45) is 11.7 Å². The molecule has 4 heteroatoms. The third-order valence-electron chi connectivity index (χ3n) is 3.47. The third kappa shape index (κ3) is 4.33. The van der Waals surface area contributed by atoms with E-state index in [2.05, 4.69) is 4.90 Å². The van der Waals surface area contributed by atoms with Crippen LogP contribution in [-0.4, -0.2) is 36.5 Å². The number of hydrogen-bond acceptors (Lipinski definition) is 4. The normalized spacial score (nSPS) is 21.3. The van der Waals surface area contributed by atoms with Crippen LogP contribution in [0.5, 0.6) is 0 Å². The summed E-state index contributed by atoms with van der Waals surface area (Å²) in [4.78, 5) is 14.1. The van der Waals surface area contributed by atoms with Gasteiger partial charge in [0.05, 0.1) is 5.92 Å². The summed E-state index contributed by atoms with van der Waals surface area (Å²) in [6, 6.07) is 10.0. The van der Waals surface area contributed by atoms with E-state index >= 15 is 0 Å². The predicted octanol–water partition coefficient (Wildman–Crippen LogP) is 1.40. The second kappa shape index (κ2) is 6.68. The van der Waals surface area contributed by atoms with Crippen molar-refractivity contribution < 1.29 is 9.53 Å². The van der Waals surface area contributed by atoms with E-state index in [-0.39, 0.29) is 17.9 Å². The standard InChI is InChI=1S/C15H22N2O2/c1-12(9-17-8-7-14(16)10-17)15(18)19-11-13-5-3-2-4-6-13/h2-6,12,14H,7-11,16H2,1H3/t12?,14-/m0/s1. The lowest BCUT2D eigenvalue weighted by atomic mass is 10.1. The number of rotatable bonds is 5. The van der Waals surface area contributed by atoms with Crippen molar-refractivity contribution in [3.63, 3.8) is 0 Å². The fourth-order valence-corrected chi connectivity index (χ4v) is 2.36. The summed E-state index contributed by atoms with van der Waals surface area (Å²) in [7, 11) is 0. The lowest BCUT2D eigenvalue weighted by molar-refractivity contribution is -0.149. The molecule has 0 aromatic heterocycles. The largest absolute Gasteiger partial charge is 0.461 e. The number of nitrogens with two attached hydrogens (primary N) is 1. The highest BCUT2D eigenvalue weighted by atomic mass is 16.5. The molecule has 0 radical (unpaired) electrons. The Bertz CT molecular complexity index is 408. The molecule has 1 fully saturated rings. The molecule has 2 rings (SSSR count). The van der Waals surface area contributed by atoms with E-state index in [1.807, 2.05) is 37.3 Å². The van der Waals surface area contributed by atoms with Gasteiger partial charge < -0.3 is 15.4 Å². The molecule has 1 aliphatic rings. The van der Waals surface area contributed by atoms with E-state index in [4.69, 9.17) is 10.5 Å². The highest BCUT2D eigenvalue weighted by molar-refractivity contribution is 5.72. The van der Waals surface area contributed by atoms with Gasteiger partial charge in [-0.2, -0.15) is 0 Å². The topological polar surface area (TPSA) is 55.6 Å². The highest BCUT2D eigenvalue weighted by Gasteiger charge is 2.24. The second-order valence-corrected chi connectivity index (χ2v) is 5.30. The molecule has 4 nitrogen and oxygen atoms in total. The van der Waals surface area contributed by atoms with Gasteiger partial charge in [0.15, 0.2) is 0 Å². The summed E-state index contributed by atoms with van der Waals surface area (Å²) in [6.07, 6.45) is 1.02. The van der Waals surface area contributed by atoms with Gasteiger partial charge in [0.25, 0.3) is 0 Å². The Kier molecular flexibility index (Phi) is 4.93. The van der Waals surface area contributed by atoms with Crippen LogP contribution in [0.15, 0.2) is 30.3 Å². The van der Waals surface area contributed by atoms with Crippen molar-refractivity contribution in [3.05, 3.63) is 35.9 Å². The first-order chi connectivity index (χ1) is 9.15. The molecule has 2 atom stereocenters. The first-order valence-corrected chi connectivity index (χ1v) is 6.83. The summed E-state index contributed by atoms with van der Waals surface area (Å²) in [5.41, 5.74) is 6.87. The molecule has 0 aliphatic carbocycles. The van der Waals surface area contributed by atoms with Gasteiger partial charge in [0.2, 0.25) is 0 Å². The van der Waals surface area contributed by atoms with Crippen LogP contribution in [0.25, 0.3) is 0 Å². The minimum atomic E-state index is -0.135. The number of likely N-dealkylation sites (tertiary alicyclic amines) is 1. The van der Waals surface area contributed by atoms with Crippen LogP contribution >= 0.6 is 0 Å². The number of esters is 1. The van der Waals surface area contributed by atoms with E-state index in [0.29, 0.717) is 6.61 Å². The van der Waals surface area contributed by atoms with Crippen LogP contribution < -0.4 is 5.73 Å². The van der Waals surface area contributed by atoms with Gasteiger partial charge in [-0.15, -0.1) is 0 Å². The van der Waals surface area contributed by atoms with E-state index in [0.717, 1.165) is 31.6 Å². The third-order valence-corrected chi connectivity index (χ3v) is 3.47. The van der Waals surface area contributed by atoms with Crippen LogP contribution in [0.3, 0.4) is 0 Å². The van der Waals surface area contributed by atoms with Crippen LogP contribution in [0.4, 0.5) is 0 Å². The van der Waals surface area contributed by atoms with Crippen molar-refractivity contribution in [3.8, 4) is 0 Å². The molecule has 2 N–H and O–H groups in total.